The largest absolute Gasteiger partial charge is 0.372 e. The van der Waals surface area contributed by atoms with E-state index >= 15 is 0 Å². The van der Waals surface area contributed by atoms with Crippen molar-refractivity contribution in [2.45, 2.75) is 25.8 Å². The number of anilines is 1. The van der Waals surface area contributed by atoms with E-state index in [9.17, 15) is 10.1 Å². The van der Waals surface area contributed by atoms with Crippen LogP contribution in [0.4, 0.5) is 11.4 Å². The number of benzene rings is 1. The van der Waals surface area contributed by atoms with Crippen LogP contribution in [0.25, 0.3) is 0 Å². The van der Waals surface area contributed by atoms with Crippen LogP contribution in [0.1, 0.15) is 19.8 Å². The van der Waals surface area contributed by atoms with Crippen LogP contribution in [0.2, 0.25) is 0 Å². The lowest BCUT2D eigenvalue weighted by Crippen LogP contribution is -2.16. The summed E-state index contributed by atoms with van der Waals surface area (Å²) in [6.45, 7) is 2.06. The molecule has 0 bridgehead atoms. The molecule has 1 N–H and O–H groups in total. The standard InChI is InChI=1S/C12H13IN2O2/c1-3-5-9(4-2)14-10-6-7-12(15(16)17)11(13)8-10/h2,6-9,14H,3,5H2,1H3. The van der Waals surface area contributed by atoms with E-state index in [1.54, 1.807) is 12.1 Å². The monoisotopic (exact) mass is 344 g/mol. The maximum absolute atomic E-state index is 10.7. The number of nitro groups is 1. The summed E-state index contributed by atoms with van der Waals surface area (Å²) >= 11 is 1.95. The SMILES string of the molecule is C#CC(CCC)Nc1ccc([N+](=O)[O-])c(I)c1. The summed E-state index contributed by atoms with van der Waals surface area (Å²) in [4.78, 5) is 10.3. The normalized spacial score (nSPS) is 11.6. The molecule has 4 nitrogen and oxygen atoms in total. The molecule has 0 saturated carbocycles. The van der Waals surface area contributed by atoms with Gasteiger partial charge in [-0.2, -0.15) is 0 Å². The maximum Gasteiger partial charge on any atom is 0.282 e. The molecule has 1 rings (SSSR count). The first-order chi connectivity index (χ1) is 8.08. The van der Waals surface area contributed by atoms with Gasteiger partial charge >= 0.3 is 0 Å². The highest BCUT2D eigenvalue weighted by Crippen LogP contribution is 2.24. The van der Waals surface area contributed by atoms with Gasteiger partial charge in [-0.3, -0.25) is 10.1 Å². The maximum atomic E-state index is 10.7. The highest BCUT2D eigenvalue weighted by atomic mass is 127. The third kappa shape index (κ3) is 3.89. The Balaban J connectivity index is 2.84. The van der Waals surface area contributed by atoms with E-state index in [1.807, 2.05) is 22.6 Å². The number of hydrogen-bond donors (Lipinski definition) is 1. The van der Waals surface area contributed by atoms with Crippen molar-refractivity contribution in [1.29, 1.82) is 0 Å². The van der Waals surface area contributed by atoms with Gasteiger partial charge in [-0.25, -0.2) is 0 Å². The second-order valence-corrected chi connectivity index (χ2v) is 4.74. The molecule has 1 aromatic carbocycles. The van der Waals surface area contributed by atoms with Crippen LogP contribution in [0.15, 0.2) is 18.2 Å². The van der Waals surface area contributed by atoms with Crippen LogP contribution in [0, 0.1) is 26.0 Å². The van der Waals surface area contributed by atoms with E-state index in [-0.39, 0.29) is 11.7 Å². The molecule has 0 fully saturated rings. The van der Waals surface area contributed by atoms with Gasteiger partial charge in [-0.05, 0) is 41.1 Å². The summed E-state index contributed by atoms with van der Waals surface area (Å²) in [5.74, 6) is 2.66. The second-order valence-electron chi connectivity index (χ2n) is 3.58. The van der Waals surface area contributed by atoms with Crippen molar-refractivity contribution in [2.24, 2.45) is 0 Å². The molecule has 0 heterocycles. The van der Waals surface area contributed by atoms with Gasteiger partial charge in [0.15, 0.2) is 0 Å². The molecule has 0 saturated heterocycles. The molecule has 0 aliphatic rings. The number of hydrogen-bond acceptors (Lipinski definition) is 3. The minimum Gasteiger partial charge on any atom is -0.372 e. The van der Waals surface area contributed by atoms with Crippen molar-refractivity contribution < 1.29 is 4.92 Å². The molecule has 1 unspecified atom stereocenters. The fraction of sp³-hybridized carbons (Fsp3) is 0.333. The van der Waals surface area contributed by atoms with Gasteiger partial charge in [0.1, 0.15) is 0 Å². The minimum atomic E-state index is -0.393. The molecule has 1 aromatic rings. The summed E-state index contributed by atoms with van der Waals surface area (Å²) in [5.41, 5.74) is 0.931. The van der Waals surface area contributed by atoms with Gasteiger partial charge in [0.2, 0.25) is 0 Å². The zero-order valence-corrected chi connectivity index (χ0v) is 11.6. The average molecular weight is 344 g/mol. The van der Waals surface area contributed by atoms with E-state index in [2.05, 4.69) is 18.2 Å². The van der Waals surface area contributed by atoms with Crippen LogP contribution >= 0.6 is 22.6 Å². The van der Waals surface area contributed by atoms with Gasteiger partial charge in [0, 0.05) is 11.8 Å². The Morgan fingerprint density at radius 3 is 2.82 bits per heavy atom. The minimum absolute atomic E-state index is 0.0303. The van der Waals surface area contributed by atoms with Crippen molar-refractivity contribution in [3.8, 4) is 12.3 Å². The Morgan fingerprint density at radius 2 is 2.35 bits per heavy atom. The smallest absolute Gasteiger partial charge is 0.282 e. The summed E-state index contributed by atoms with van der Waals surface area (Å²) in [7, 11) is 0. The molecule has 0 amide bonds. The highest BCUT2D eigenvalue weighted by Gasteiger charge is 2.12. The van der Waals surface area contributed by atoms with Crippen LogP contribution < -0.4 is 5.32 Å². The third-order valence-electron chi connectivity index (χ3n) is 2.26. The van der Waals surface area contributed by atoms with E-state index in [0.717, 1.165) is 18.5 Å². The zero-order chi connectivity index (χ0) is 12.8. The molecule has 5 heteroatoms. The number of nitrogens with zero attached hydrogens (tertiary/aromatic N) is 1. The van der Waals surface area contributed by atoms with E-state index in [0.29, 0.717) is 3.57 Å². The molecular weight excluding hydrogens is 331 g/mol. The van der Waals surface area contributed by atoms with Gasteiger partial charge in [-0.1, -0.05) is 19.3 Å². The van der Waals surface area contributed by atoms with Crippen molar-refractivity contribution in [1.82, 2.24) is 0 Å². The van der Waals surface area contributed by atoms with Crippen LogP contribution in [-0.4, -0.2) is 11.0 Å². The second kappa shape index (κ2) is 6.45. The molecule has 17 heavy (non-hydrogen) atoms. The third-order valence-corrected chi connectivity index (χ3v) is 3.13. The van der Waals surface area contributed by atoms with Crippen molar-refractivity contribution in [2.75, 3.05) is 5.32 Å². The lowest BCUT2D eigenvalue weighted by molar-refractivity contribution is -0.385. The fourth-order valence-corrected chi connectivity index (χ4v) is 2.14. The Hall–Kier alpha value is -1.29. The molecule has 0 radical (unpaired) electrons. The first-order valence-corrected chi connectivity index (χ1v) is 6.33. The molecule has 0 aromatic heterocycles. The fourth-order valence-electron chi connectivity index (χ4n) is 1.43. The van der Waals surface area contributed by atoms with E-state index in [1.165, 1.54) is 6.07 Å². The quantitative estimate of drug-likeness (QED) is 0.385. The lowest BCUT2D eigenvalue weighted by Gasteiger charge is -2.13. The first kappa shape index (κ1) is 13.8. The Bertz CT molecular complexity index is 454. The summed E-state index contributed by atoms with van der Waals surface area (Å²) < 4.78 is 0.602. The van der Waals surface area contributed by atoms with Crippen LogP contribution in [-0.2, 0) is 0 Å². The van der Waals surface area contributed by atoms with Crippen LogP contribution in [0.5, 0.6) is 0 Å². The zero-order valence-electron chi connectivity index (χ0n) is 9.44. The van der Waals surface area contributed by atoms with Crippen LogP contribution in [0.3, 0.4) is 0 Å². The summed E-state index contributed by atoms with van der Waals surface area (Å²) in [6.07, 6.45) is 7.27. The Kier molecular flexibility index (Phi) is 5.22. The first-order valence-electron chi connectivity index (χ1n) is 5.25. The highest BCUT2D eigenvalue weighted by molar-refractivity contribution is 14.1. The molecular formula is C12H13IN2O2. The number of halogens is 1. The van der Waals surface area contributed by atoms with Crippen molar-refractivity contribution >= 4 is 34.0 Å². The van der Waals surface area contributed by atoms with E-state index < -0.39 is 4.92 Å². The molecule has 0 aliphatic heterocycles. The van der Waals surface area contributed by atoms with Gasteiger partial charge in [0.05, 0.1) is 14.5 Å². The predicted molar refractivity (Wildman–Crippen MR) is 77.0 cm³/mol. The number of nitro benzene ring substituents is 1. The van der Waals surface area contributed by atoms with Gasteiger partial charge in [0.25, 0.3) is 5.69 Å². The van der Waals surface area contributed by atoms with Crippen molar-refractivity contribution in [3.05, 3.63) is 31.9 Å². The summed E-state index contributed by atoms with van der Waals surface area (Å²) in [5, 5.41) is 13.8. The summed E-state index contributed by atoms with van der Waals surface area (Å²) in [6, 6.07) is 4.88. The molecule has 0 spiro atoms. The van der Waals surface area contributed by atoms with Gasteiger partial charge < -0.3 is 5.32 Å². The molecule has 0 aliphatic carbocycles. The lowest BCUT2D eigenvalue weighted by atomic mass is 10.1. The molecule has 90 valence electrons. The van der Waals surface area contributed by atoms with Gasteiger partial charge in [-0.15, -0.1) is 6.42 Å². The number of rotatable bonds is 5. The average Bonchev–Trinajstić information content (AvgIpc) is 2.28. The molecule has 1 atom stereocenters. The Labute approximate surface area is 114 Å². The predicted octanol–water partition coefficient (Wildman–Crippen LogP) is 3.41. The van der Waals surface area contributed by atoms with Crippen molar-refractivity contribution in [3.63, 3.8) is 0 Å². The number of nitrogens with one attached hydrogen (secondary N) is 1. The van der Waals surface area contributed by atoms with E-state index in [4.69, 9.17) is 6.42 Å². The topological polar surface area (TPSA) is 55.2 Å². The Morgan fingerprint density at radius 1 is 1.65 bits per heavy atom. The number of terminal acetylenes is 1.